The molecule has 2 nitrogen and oxygen atoms in total. The molecule has 0 amide bonds. The van der Waals surface area contributed by atoms with Gasteiger partial charge in [-0.15, -0.1) is 0 Å². The van der Waals surface area contributed by atoms with Gasteiger partial charge in [0.25, 0.3) is 0 Å². The van der Waals surface area contributed by atoms with Crippen molar-refractivity contribution in [3.8, 4) is 0 Å². The molecule has 0 unspecified atom stereocenters. The lowest BCUT2D eigenvalue weighted by atomic mass is 10.1. The normalized spacial score (nSPS) is 11.6. The standard InChI is InChI=1S/C13H17FN2/c1-4-16-9-10(8-15(2)3)12-7-11(14)5-6-13(12)16/h5-7,9H,4,8H2,1-3H3. The second-order valence-electron chi connectivity index (χ2n) is 4.34. The molecule has 0 bridgehead atoms. The van der Waals surface area contributed by atoms with Crippen LogP contribution >= 0.6 is 0 Å². The van der Waals surface area contributed by atoms with Crippen LogP contribution in [0.25, 0.3) is 10.9 Å². The quantitative estimate of drug-likeness (QED) is 0.772. The number of aryl methyl sites for hydroxylation is 1. The van der Waals surface area contributed by atoms with Crippen LogP contribution in [0, 0.1) is 5.82 Å². The Hall–Kier alpha value is -1.35. The molecule has 0 aliphatic heterocycles. The Morgan fingerprint density at radius 1 is 1.31 bits per heavy atom. The van der Waals surface area contributed by atoms with Crippen LogP contribution in [0.1, 0.15) is 12.5 Å². The molecule has 2 aromatic rings. The van der Waals surface area contributed by atoms with E-state index in [4.69, 9.17) is 0 Å². The van der Waals surface area contributed by atoms with Crippen LogP contribution < -0.4 is 0 Å². The van der Waals surface area contributed by atoms with E-state index in [0.29, 0.717) is 0 Å². The van der Waals surface area contributed by atoms with Gasteiger partial charge >= 0.3 is 0 Å². The summed E-state index contributed by atoms with van der Waals surface area (Å²) in [6, 6.07) is 5.00. The Labute approximate surface area is 95.3 Å². The minimum Gasteiger partial charge on any atom is -0.347 e. The summed E-state index contributed by atoms with van der Waals surface area (Å²) in [4.78, 5) is 2.10. The Balaban J connectivity index is 2.59. The third-order valence-corrected chi connectivity index (χ3v) is 2.75. The molecule has 1 heterocycles. The highest BCUT2D eigenvalue weighted by atomic mass is 19.1. The van der Waals surface area contributed by atoms with Gasteiger partial charge in [-0.3, -0.25) is 0 Å². The van der Waals surface area contributed by atoms with E-state index in [-0.39, 0.29) is 5.82 Å². The maximum absolute atomic E-state index is 13.2. The zero-order valence-electron chi connectivity index (χ0n) is 10.00. The van der Waals surface area contributed by atoms with Crippen LogP contribution in [0.2, 0.25) is 0 Å². The van der Waals surface area contributed by atoms with Crippen molar-refractivity contribution >= 4 is 10.9 Å². The molecule has 0 spiro atoms. The van der Waals surface area contributed by atoms with Crippen molar-refractivity contribution in [3.63, 3.8) is 0 Å². The first-order valence-corrected chi connectivity index (χ1v) is 5.54. The first-order valence-electron chi connectivity index (χ1n) is 5.54. The summed E-state index contributed by atoms with van der Waals surface area (Å²) in [7, 11) is 4.04. The number of aromatic nitrogens is 1. The van der Waals surface area contributed by atoms with E-state index >= 15 is 0 Å². The molecule has 0 fully saturated rings. The van der Waals surface area contributed by atoms with E-state index in [1.165, 1.54) is 11.6 Å². The summed E-state index contributed by atoms with van der Waals surface area (Å²) in [5.41, 5.74) is 2.29. The SMILES string of the molecule is CCn1cc(CN(C)C)c2cc(F)ccc21. The van der Waals surface area contributed by atoms with Crippen molar-refractivity contribution in [2.45, 2.75) is 20.0 Å². The number of rotatable bonds is 3. The van der Waals surface area contributed by atoms with Crippen LogP contribution in [0.15, 0.2) is 24.4 Å². The highest BCUT2D eigenvalue weighted by Crippen LogP contribution is 2.23. The number of fused-ring (bicyclic) bond motifs is 1. The Morgan fingerprint density at radius 2 is 2.06 bits per heavy atom. The topological polar surface area (TPSA) is 8.17 Å². The predicted molar refractivity (Wildman–Crippen MR) is 65.0 cm³/mol. The van der Waals surface area contributed by atoms with E-state index in [0.717, 1.165) is 24.0 Å². The van der Waals surface area contributed by atoms with Crippen LogP contribution in [0.5, 0.6) is 0 Å². The Bertz CT molecular complexity index is 500. The lowest BCUT2D eigenvalue weighted by Gasteiger charge is -2.07. The van der Waals surface area contributed by atoms with Crippen molar-refractivity contribution in [1.82, 2.24) is 9.47 Å². The fraction of sp³-hybridized carbons (Fsp3) is 0.385. The fourth-order valence-electron chi connectivity index (χ4n) is 2.07. The van der Waals surface area contributed by atoms with Gasteiger partial charge in [0.2, 0.25) is 0 Å². The van der Waals surface area contributed by atoms with Crippen molar-refractivity contribution in [1.29, 1.82) is 0 Å². The summed E-state index contributed by atoms with van der Waals surface area (Å²) < 4.78 is 15.4. The molecule has 86 valence electrons. The highest BCUT2D eigenvalue weighted by molar-refractivity contribution is 5.84. The second-order valence-corrected chi connectivity index (χ2v) is 4.34. The molecule has 1 aromatic carbocycles. The molecule has 3 heteroatoms. The molecule has 1 aromatic heterocycles. The van der Waals surface area contributed by atoms with Gasteiger partial charge in [0, 0.05) is 30.2 Å². The largest absolute Gasteiger partial charge is 0.347 e. The summed E-state index contributed by atoms with van der Waals surface area (Å²) in [5.74, 6) is -0.165. The average molecular weight is 220 g/mol. The first kappa shape index (κ1) is 11.1. The summed E-state index contributed by atoms with van der Waals surface area (Å²) in [6.07, 6.45) is 2.12. The summed E-state index contributed by atoms with van der Waals surface area (Å²) in [6.45, 7) is 3.85. The molecule has 16 heavy (non-hydrogen) atoms. The van der Waals surface area contributed by atoms with Gasteiger partial charge in [-0.1, -0.05) is 0 Å². The zero-order chi connectivity index (χ0) is 11.7. The van der Waals surface area contributed by atoms with Crippen molar-refractivity contribution < 1.29 is 4.39 Å². The van der Waals surface area contributed by atoms with Crippen molar-refractivity contribution in [3.05, 3.63) is 35.8 Å². The number of halogens is 1. The Kier molecular flexibility index (Phi) is 2.97. The molecule has 0 saturated heterocycles. The summed E-state index contributed by atoms with van der Waals surface area (Å²) >= 11 is 0. The van der Waals surface area contributed by atoms with Crippen molar-refractivity contribution in [2.75, 3.05) is 14.1 Å². The van der Waals surface area contributed by atoms with Gasteiger partial charge in [0.1, 0.15) is 5.82 Å². The molecular formula is C13H17FN2. The lowest BCUT2D eigenvalue weighted by molar-refractivity contribution is 0.403. The van der Waals surface area contributed by atoms with Crippen LogP contribution in [-0.4, -0.2) is 23.6 Å². The van der Waals surface area contributed by atoms with Gasteiger partial charge in [-0.25, -0.2) is 4.39 Å². The van der Waals surface area contributed by atoms with Crippen LogP contribution in [-0.2, 0) is 13.1 Å². The number of benzene rings is 1. The molecule has 0 aliphatic carbocycles. The molecule has 0 atom stereocenters. The molecule has 0 radical (unpaired) electrons. The molecule has 0 N–H and O–H groups in total. The first-order chi connectivity index (χ1) is 7.61. The van der Waals surface area contributed by atoms with E-state index in [2.05, 4.69) is 22.6 Å². The number of hydrogen-bond acceptors (Lipinski definition) is 1. The van der Waals surface area contributed by atoms with Gasteiger partial charge in [0.05, 0.1) is 0 Å². The average Bonchev–Trinajstić information content (AvgIpc) is 2.55. The second kappa shape index (κ2) is 4.26. The number of hydrogen-bond donors (Lipinski definition) is 0. The molecule has 0 saturated carbocycles. The minimum absolute atomic E-state index is 0.165. The molecule has 2 rings (SSSR count). The monoisotopic (exact) mass is 220 g/mol. The zero-order valence-corrected chi connectivity index (χ0v) is 10.00. The van der Waals surface area contributed by atoms with Gasteiger partial charge in [-0.05, 0) is 44.8 Å². The highest BCUT2D eigenvalue weighted by Gasteiger charge is 2.09. The fourth-order valence-corrected chi connectivity index (χ4v) is 2.07. The van der Waals surface area contributed by atoms with Crippen molar-refractivity contribution in [2.24, 2.45) is 0 Å². The van der Waals surface area contributed by atoms with Gasteiger partial charge in [-0.2, -0.15) is 0 Å². The number of nitrogens with zero attached hydrogens (tertiary/aromatic N) is 2. The van der Waals surface area contributed by atoms with E-state index in [1.807, 2.05) is 20.2 Å². The molecular weight excluding hydrogens is 203 g/mol. The van der Waals surface area contributed by atoms with Gasteiger partial charge < -0.3 is 9.47 Å². The third-order valence-electron chi connectivity index (χ3n) is 2.75. The smallest absolute Gasteiger partial charge is 0.123 e. The maximum atomic E-state index is 13.2. The van der Waals surface area contributed by atoms with E-state index < -0.39 is 0 Å². The minimum atomic E-state index is -0.165. The predicted octanol–water partition coefficient (Wildman–Crippen LogP) is 2.86. The molecule has 0 aliphatic rings. The van der Waals surface area contributed by atoms with Crippen LogP contribution in [0.3, 0.4) is 0 Å². The maximum Gasteiger partial charge on any atom is 0.123 e. The van der Waals surface area contributed by atoms with E-state index in [9.17, 15) is 4.39 Å². The van der Waals surface area contributed by atoms with E-state index in [1.54, 1.807) is 6.07 Å². The lowest BCUT2D eigenvalue weighted by Crippen LogP contribution is -2.10. The van der Waals surface area contributed by atoms with Crippen LogP contribution in [0.4, 0.5) is 4.39 Å². The Morgan fingerprint density at radius 3 is 2.69 bits per heavy atom. The summed E-state index contributed by atoms with van der Waals surface area (Å²) in [5, 5.41) is 1.02. The third kappa shape index (κ3) is 1.95. The van der Waals surface area contributed by atoms with Gasteiger partial charge in [0.15, 0.2) is 0 Å².